The molecule has 5 heteroatoms. The third-order valence-electron chi connectivity index (χ3n) is 4.26. The van der Waals surface area contributed by atoms with Gasteiger partial charge in [0, 0.05) is 18.5 Å². The molecule has 1 aliphatic rings. The third kappa shape index (κ3) is 3.25. The fraction of sp³-hybridized carbons (Fsp3) is 0.471. The highest BCUT2D eigenvalue weighted by Gasteiger charge is 2.23. The lowest BCUT2D eigenvalue weighted by Gasteiger charge is -2.19. The molecule has 1 aromatic heterocycles. The predicted molar refractivity (Wildman–Crippen MR) is 88.0 cm³/mol. The van der Waals surface area contributed by atoms with Crippen molar-refractivity contribution in [2.24, 2.45) is 0 Å². The summed E-state index contributed by atoms with van der Waals surface area (Å²) in [4.78, 5) is 6.94. The van der Waals surface area contributed by atoms with Crippen molar-refractivity contribution < 1.29 is 0 Å². The molecule has 2 atom stereocenters. The summed E-state index contributed by atoms with van der Waals surface area (Å²) >= 11 is 0. The van der Waals surface area contributed by atoms with E-state index in [1.54, 1.807) is 0 Å². The van der Waals surface area contributed by atoms with Crippen molar-refractivity contribution in [3.05, 3.63) is 47.4 Å². The maximum absolute atomic E-state index is 4.60. The Kier molecular flexibility index (Phi) is 4.34. The average molecular weight is 297 g/mol. The van der Waals surface area contributed by atoms with Gasteiger partial charge in [-0.3, -0.25) is 0 Å². The lowest BCUT2D eigenvalue weighted by molar-refractivity contribution is 0.414. The first kappa shape index (κ1) is 14.9. The second-order valence-corrected chi connectivity index (χ2v) is 6.12. The Labute approximate surface area is 131 Å². The molecule has 1 aliphatic heterocycles. The van der Waals surface area contributed by atoms with Crippen molar-refractivity contribution in [3.8, 4) is 0 Å². The molecule has 116 valence electrons. The Hall–Kier alpha value is -2.01. The van der Waals surface area contributed by atoms with Crippen LogP contribution >= 0.6 is 0 Å². The van der Waals surface area contributed by atoms with Crippen LogP contribution in [0.4, 0.5) is 5.82 Å². The molecule has 5 nitrogen and oxygen atoms in total. The molecular formula is C17H23N5. The molecule has 0 bridgehead atoms. The van der Waals surface area contributed by atoms with Gasteiger partial charge in [-0.25, -0.2) is 4.98 Å². The SMILES string of the molecule is Cc1nnc([C@H](C)c2ccccc2)c(NC2CCN(C)C2)n1. The van der Waals surface area contributed by atoms with Crippen molar-refractivity contribution in [3.63, 3.8) is 0 Å². The Morgan fingerprint density at radius 1 is 1.23 bits per heavy atom. The first-order valence-electron chi connectivity index (χ1n) is 7.84. The van der Waals surface area contributed by atoms with Gasteiger partial charge in [-0.05, 0) is 32.5 Å². The fourth-order valence-electron chi connectivity index (χ4n) is 2.96. The summed E-state index contributed by atoms with van der Waals surface area (Å²) in [6.07, 6.45) is 1.14. The number of nitrogens with zero attached hydrogens (tertiary/aromatic N) is 4. The molecule has 1 fully saturated rings. The zero-order chi connectivity index (χ0) is 15.5. The van der Waals surface area contributed by atoms with E-state index in [-0.39, 0.29) is 5.92 Å². The highest BCUT2D eigenvalue weighted by atomic mass is 15.2. The minimum atomic E-state index is 0.170. The van der Waals surface area contributed by atoms with Crippen LogP contribution in [0.5, 0.6) is 0 Å². The summed E-state index contributed by atoms with van der Waals surface area (Å²) in [6, 6.07) is 10.8. The van der Waals surface area contributed by atoms with Crippen LogP contribution in [0, 0.1) is 6.92 Å². The Morgan fingerprint density at radius 3 is 2.68 bits per heavy atom. The normalized spacial score (nSPS) is 20.0. The maximum atomic E-state index is 4.60. The molecule has 0 radical (unpaired) electrons. The van der Waals surface area contributed by atoms with Crippen molar-refractivity contribution in [2.45, 2.75) is 32.2 Å². The minimum absolute atomic E-state index is 0.170. The number of benzene rings is 1. The standard InChI is InChI=1S/C17H23N5/c1-12(14-7-5-4-6-8-14)16-17(18-13(2)20-21-16)19-15-9-10-22(3)11-15/h4-8,12,15H,9-11H2,1-3H3,(H,18,19,20)/t12-,15?/m1/s1. The lowest BCUT2D eigenvalue weighted by atomic mass is 9.97. The maximum Gasteiger partial charge on any atom is 0.152 e. The largest absolute Gasteiger partial charge is 0.364 e. The van der Waals surface area contributed by atoms with Crippen molar-refractivity contribution in [2.75, 3.05) is 25.5 Å². The van der Waals surface area contributed by atoms with Crippen LogP contribution in [0.25, 0.3) is 0 Å². The summed E-state index contributed by atoms with van der Waals surface area (Å²) < 4.78 is 0. The van der Waals surface area contributed by atoms with E-state index in [9.17, 15) is 0 Å². The van der Waals surface area contributed by atoms with Crippen molar-refractivity contribution in [1.29, 1.82) is 0 Å². The molecule has 1 aromatic carbocycles. The van der Waals surface area contributed by atoms with Gasteiger partial charge in [0.15, 0.2) is 5.82 Å². The van der Waals surface area contributed by atoms with Gasteiger partial charge in [-0.2, -0.15) is 0 Å². The van der Waals surface area contributed by atoms with Gasteiger partial charge in [0.05, 0.1) is 0 Å². The monoisotopic (exact) mass is 297 g/mol. The lowest BCUT2D eigenvalue weighted by Crippen LogP contribution is -2.25. The number of hydrogen-bond donors (Lipinski definition) is 1. The Bertz CT molecular complexity index is 628. The van der Waals surface area contributed by atoms with E-state index < -0.39 is 0 Å². The van der Waals surface area contributed by atoms with Crippen LogP contribution in [-0.2, 0) is 0 Å². The molecule has 0 amide bonds. The number of aryl methyl sites for hydroxylation is 1. The van der Waals surface area contributed by atoms with Crippen molar-refractivity contribution >= 4 is 5.82 Å². The van der Waals surface area contributed by atoms with E-state index in [1.165, 1.54) is 5.56 Å². The van der Waals surface area contributed by atoms with E-state index in [1.807, 2.05) is 13.0 Å². The Morgan fingerprint density at radius 2 is 2.00 bits per heavy atom. The molecule has 1 N–H and O–H groups in total. The van der Waals surface area contributed by atoms with E-state index >= 15 is 0 Å². The molecule has 1 saturated heterocycles. The summed E-state index contributed by atoms with van der Waals surface area (Å²) in [5.41, 5.74) is 2.15. The smallest absolute Gasteiger partial charge is 0.152 e. The molecule has 2 aromatic rings. The first-order chi connectivity index (χ1) is 10.6. The number of likely N-dealkylation sites (tertiary alicyclic amines) is 1. The van der Waals surface area contributed by atoms with Gasteiger partial charge in [0.25, 0.3) is 0 Å². The number of rotatable bonds is 4. The summed E-state index contributed by atoms with van der Waals surface area (Å²) in [5, 5.41) is 12.2. The number of likely N-dealkylation sites (N-methyl/N-ethyl adjacent to an activating group) is 1. The number of anilines is 1. The van der Waals surface area contributed by atoms with Crippen LogP contribution in [0.3, 0.4) is 0 Å². The van der Waals surface area contributed by atoms with Gasteiger partial charge in [-0.1, -0.05) is 37.3 Å². The zero-order valence-electron chi connectivity index (χ0n) is 13.5. The summed E-state index contributed by atoms with van der Waals surface area (Å²) in [6.45, 7) is 6.21. The Balaban J connectivity index is 1.87. The average Bonchev–Trinajstić information content (AvgIpc) is 2.93. The van der Waals surface area contributed by atoms with Crippen molar-refractivity contribution in [1.82, 2.24) is 20.1 Å². The molecule has 22 heavy (non-hydrogen) atoms. The van der Waals surface area contributed by atoms with Crippen LogP contribution < -0.4 is 5.32 Å². The highest BCUT2D eigenvalue weighted by Crippen LogP contribution is 2.27. The van der Waals surface area contributed by atoms with Gasteiger partial charge >= 0.3 is 0 Å². The molecule has 0 spiro atoms. The first-order valence-corrected chi connectivity index (χ1v) is 7.84. The molecular weight excluding hydrogens is 274 g/mol. The van der Waals surface area contributed by atoms with E-state index in [0.29, 0.717) is 11.9 Å². The third-order valence-corrected chi connectivity index (χ3v) is 4.26. The number of aromatic nitrogens is 3. The molecule has 1 unspecified atom stereocenters. The molecule has 2 heterocycles. The molecule has 0 aliphatic carbocycles. The van der Waals surface area contributed by atoms with Crippen LogP contribution in [0.1, 0.15) is 36.3 Å². The van der Waals surface area contributed by atoms with E-state index in [2.05, 4.69) is 63.6 Å². The second kappa shape index (κ2) is 6.40. The van der Waals surface area contributed by atoms with E-state index in [4.69, 9.17) is 0 Å². The number of hydrogen-bond acceptors (Lipinski definition) is 5. The quantitative estimate of drug-likeness (QED) is 0.939. The number of nitrogens with one attached hydrogen (secondary N) is 1. The fourth-order valence-corrected chi connectivity index (χ4v) is 2.96. The predicted octanol–water partition coefficient (Wildman–Crippen LogP) is 2.45. The van der Waals surface area contributed by atoms with Gasteiger partial charge in [0.1, 0.15) is 11.5 Å². The van der Waals surface area contributed by atoms with Crippen LogP contribution in [0.15, 0.2) is 30.3 Å². The molecule has 3 rings (SSSR count). The minimum Gasteiger partial charge on any atom is -0.364 e. The van der Waals surface area contributed by atoms with Gasteiger partial charge < -0.3 is 10.2 Å². The van der Waals surface area contributed by atoms with Crippen LogP contribution in [-0.4, -0.2) is 46.3 Å². The summed E-state index contributed by atoms with van der Waals surface area (Å²) in [5.74, 6) is 1.76. The van der Waals surface area contributed by atoms with E-state index in [0.717, 1.165) is 31.0 Å². The summed E-state index contributed by atoms with van der Waals surface area (Å²) in [7, 11) is 2.15. The van der Waals surface area contributed by atoms with Crippen LogP contribution in [0.2, 0.25) is 0 Å². The highest BCUT2D eigenvalue weighted by molar-refractivity contribution is 5.46. The van der Waals surface area contributed by atoms with Gasteiger partial charge in [-0.15, -0.1) is 10.2 Å². The second-order valence-electron chi connectivity index (χ2n) is 6.12. The zero-order valence-corrected chi connectivity index (χ0v) is 13.5. The molecule has 0 saturated carbocycles. The van der Waals surface area contributed by atoms with Gasteiger partial charge in [0.2, 0.25) is 0 Å². The topological polar surface area (TPSA) is 53.9 Å².